The van der Waals surface area contributed by atoms with Gasteiger partial charge in [-0.05, 0) is 59.9 Å². The quantitative estimate of drug-likeness (QED) is 0.691. The normalized spacial score (nSPS) is 26.0. The first-order valence-corrected chi connectivity index (χ1v) is 12.0. The van der Waals surface area contributed by atoms with Crippen LogP contribution in [0.4, 0.5) is 4.39 Å². The minimum Gasteiger partial charge on any atom is -0.386 e. The molecule has 1 unspecified atom stereocenters. The van der Waals surface area contributed by atoms with Crippen LogP contribution in [0.2, 0.25) is 5.02 Å². The predicted molar refractivity (Wildman–Crippen MR) is 120 cm³/mol. The fourth-order valence-electron chi connectivity index (χ4n) is 3.09. The lowest BCUT2D eigenvalue weighted by atomic mass is 10.0. The second-order valence-corrected chi connectivity index (χ2v) is 12.2. The lowest BCUT2D eigenvalue weighted by Gasteiger charge is -2.40. The number of amides is 1. The molecule has 0 spiro atoms. The van der Waals surface area contributed by atoms with Gasteiger partial charge in [0.15, 0.2) is 0 Å². The number of carbonyl (C=O) groups is 1. The molecule has 2 atom stereocenters. The number of nitrogens with zero attached hydrogens (tertiary/aromatic N) is 1. The van der Waals surface area contributed by atoms with E-state index in [4.69, 9.17) is 17.3 Å². The summed E-state index contributed by atoms with van der Waals surface area (Å²) in [6, 6.07) is 7.46. The van der Waals surface area contributed by atoms with Crippen molar-refractivity contribution < 1.29 is 13.4 Å². The summed E-state index contributed by atoms with van der Waals surface area (Å²) < 4.78 is 25.4. The van der Waals surface area contributed by atoms with Crippen LogP contribution in [0, 0.1) is 5.82 Å². The van der Waals surface area contributed by atoms with Gasteiger partial charge in [-0.1, -0.05) is 23.7 Å². The summed E-state index contributed by atoms with van der Waals surface area (Å²) >= 11 is 7.62. The van der Waals surface area contributed by atoms with Gasteiger partial charge in [-0.25, -0.2) is 4.39 Å². The summed E-state index contributed by atoms with van der Waals surface area (Å²) in [5, 5.41) is 3.16. The van der Waals surface area contributed by atoms with Crippen molar-refractivity contribution in [3.63, 3.8) is 0 Å². The monoisotopic (exact) mass is 455 g/mol. The van der Waals surface area contributed by atoms with Gasteiger partial charge in [-0.2, -0.15) is 0 Å². The lowest BCUT2D eigenvalue weighted by Crippen LogP contribution is -2.54. The number of rotatable bonds is 4. The zero-order chi connectivity index (χ0) is 21.6. The van der Waals surface area contributed by atoms with E-state index >= 15 is 0 Å². The van der Waals surface area contributed by atoms with Crippen LogP contribution < -0.4 is 11.1 Å². The Morgan fingerprint density at radius 3 is 2.59 bits per heavy atom. The molecule has 0 fully saturated rings. The van der Waals surface area contributed by atoms with E-state index in [-0.39, 0.29) is 29.9 Å². The molecule has 1 aliphatic rings. The Hall–Kier alpha value is -1.90. The predicted octanol–water partition coefficient (Wildman–Crippen LogP) is 3.55. The molecule has 156 valence electrons. The SMILES string of the molecule is C=S1(=O)C[C@@](C)(c2sc(C(=O)NCc3ccc(F)cc3)cc2Cl)N=C(N)C1(C)C. The van der Waals surface area contributed by atoms with Gasteiger partial charge in [0.2, 0.25) is 0 Å². The van der Waals surface area contributed by atoms with Crippen LogP contribution >= 0.6 is 22.9 Å². The number of benzene rings is 1. The molecule has 1 aromatic carbocycles. The molecular weight excluding hydrogens is 433 g/mol. The van der Waals surface area contributed by atoms with Crippen LogP contribution in [0.15, 0.2) is 35.3 Å². The van der Waals surface area contributed by atoms with Crippen molar-refractivity contribution in [1.29, 1.82) is 0 Å². The highest BCUT2D eigenvalue weighted by atomic mass is 35.5. The van der Waals surface area contributed by atoms with Crippen LogP contribution in [0.3, 0.4) is 0 Å². The van der Waals surface area contributed by atoms with E-state index in [1.807, 2.05) is 0 Å². The zero-order valence-electron chi connectivity index (χ0n) is 16.4. The third-order valence-electron chi connectivity index (χ3n) is 5.19. The average Bonchev–Trinajstić information content (AvgIpc) is 3.02. The Kier molecular flexibility index (Phi) is 5.57. The van der Waals surface area contributed by atoms with E-state index in [1.54, 1.807) is 39.0 Å². The van der Waals surface area contributed by atoms with Gasteiger partial charge in [0.25, 0.3) is 5.91 Å². The Balaban J connectivity index is 1.85. The van der Waals surface area contributed by atoms with Gasteiger partial charge in [0.1, 0.15) is 17.2 Å². The molecule has 1 aromatic heterocycles. The molecule has 0 radical (unpaired) electrons. The highest BCUT2D eigenvalue weighted by molar-refractivity contribution is 8.02. The minimum atomic E-state index is -2.58. The maximum absolute atomic E-state index is 13.2. The summed E-state index contributed by atoms with van der Waals surface area (Å²) in [5.41, 5.74) is 5.98. The Morgan fingerprint density at radius 2 is 2.00 bits per heavy atom. The topological polar surface area (TPSA) is 84.5 Å². The third-order valence-corrected chi connectivity index (χ3v) is 10.1. The van der Waals surface area contributed by atoms with E-state index in [1.165, 1.54) is 23.5 Å². The summed E-state index contributed by atoms with van der Waals surface area (Å²) in [4.78, 5) is 18.2. The number of thiophene rings is 1. The van der Waals surface area contributed by atoms with Crippen LogP contribution in [-0.2, 0) is 21.6 Å². The number of nitrogens with one attached hydrogen (secondary N) is 1. The first-order chi connectivity index (χ1) is 13.4. The van der Waals surface area contributed by atoms with Gasteiger partial charge in [-0.3, -0.25) is 14.0 Å². The first-order valence-electron chi connectivity index (χ1n) is 8.88. The lowest BCUT2D eigenvalue weighted by molar-refractivity contribution is 0.0955. The fourth-order valence-corrected chi connectivity index (χ4v) is 6.64. The van der Waals surface area contributed by atoms with Gasteiger partial charge in [0.05, 0.1) is 19.5 Å². The van der Waals surface area contributed by atoms with Crippen LogP contribution in [0.25, 0.3) is 0 Å². The van der Waals surface area contributed by atoms with Gasteiger partial charge in [-0.15, -0.1) is 11.3 Å². The zero-order valence-corrected chi connectivity index (χ0v) is 18.8. The molecule has 29 heavy (non-hydrogen) atoms. The number of halogens is 2. The van der Waals surface area contributed by atoms with Gasteiger partial charge < -0.3 is 11.1 Å². The maximum atomic E-state index is 13.2. The molecule has 1 aliphatic heterocycles. The van der Waals surface area contributed by atoms with Crippen molar-refractivity contribution in [2.45, 2.75) is 37.6 Å². The van der Waals surface area contributed by atoms with E-state index in [2.05, 4.69) is 16.2 Å². The molecule has 9 heteroatoms. The summed E-state index contributed by atoms with van der Waals surface area (Å²) in [7, 11) is -2.58. The second kappa shape index (κ2) is 7.41. The van der Waals surface area contributed by atoms with E-state index in [0.717, 1.165) is 5.56 Å². The summed E-state index contributed by atoms with van der Waals surface area (Å²) in [6.45, 7) is 5.60. The molecule has 0 bridgehead atoms. The first kappa shape index (κ1) is 21.8. The van der Waals surface area contributed by atoms with Crippen molar-refractivity contribution in [2.24, 2.45) is 10.7 Å². The number of hydrogen-bond acceptors (Lipinski definition) is 5. The molecule has 0 saturated carbocycles. The number of nitrogens with two attached hydrogens (primary N) is 1. The Morgan fingerprint density at radius 1 is 1.38 bits per heavy atom. The van der Waals surface area contributed by atoms with E-state index in [9.17, 15) is 13.4 Å². The van der Waals surface area contributed by atoms with Gasteiger partial charge >= 0.3 is 0 Å². The van der Waals surface area contributed by atoms with Crippen LogP contribution in [-0.4, -0.2) is 32.3 Å². The molecule has 3 N–H and O–H groups in total. The van der Waals surface area contributed by atoms with Crippen molar-refractivity contribution in [3.8, 4) is 0 Å². The third kappa shape index (κ3) is 4.06. The molecule has 0 saturated heterocycles. The average molecular weight is 456 g/mol. The van der Waals surface area contributed by atoms with Crippen LogP contribution in [0.1, 0.15) is 40.9 Å². The maximum Gasteiger partial charge on any atom is 0.261 e. The molecule has 2 heterocycles. The number of hydrogen-bond donors (Lipinski definition) is 2. The fraction of sp³-hybridized carbons (Fsp3) is 0.350. The number of aliphatic imine (C=N–C) groups is 1. The molecule has 2 aromatic rings. The van der Waals surface area contributed by atoms with E-state index < -0.39 is 19.8 Å². The number of carbonyl (C=O) groups excluding carboxylic acids is 1. The van der Waals surface area contributed by atoms with Gasteiger partial charge in [0, 0.05) is 12.3 Å². The van der Waals surface area contributed by atoms with Crippen LogP contribution in [0.5, 0.6) is 0 Å². The highest BCUT2D eigenvalue weighted by Crippen LogP contribution is 2.43. The highest BCUT2D eigenvalue weighted by Gasteiger charge is 2.46. The molecule has 1 amide bonds. The molecule has 0 aliphatic carbocycles. The number of amidine groups is 1. The minimum absolute atomic E-state index is 0.185. The van der Waals surface area contributed by atoms with Crippen molar-refractivity contribution in [2.75, 3.05) is 5.75 Å². The Bertz CT molecular complexity index is 1090. The second-order valence-electron chi connectivity index (χ2n) is 7.83. The smallest absolute Gasteiger partial charge is 0.261 e. The Labute approximate surface area is 179 Å². The van der Waals surface area contributed by atoms with Crippen molar-refractivity contribution in [1.82, 2.24) is 5.32 Å². The van der Waals surface area contributed by atoms with Crippen molar-refractivity contribution >= 4 is 50.1 Å². The van der Waals surface area contributed by atoms with Crippen molar-refractivity contribution in [3.05, 3.63) is 56.5 Å². The van der Waals surface area contributed by atoms with E-state index in [0.29, 0.717) is 14.8 Å². The summed E-state index contributed by atoms with van der Waals surface area (Å²) in [5.74, 6) is 3.73. The largest absolute Gasteiger partial charge is 0.386 e. The molecule has 3 rings (SSSR count). The molecule has 5 nitrogen and oxygen atoms in total. The molecular formula is C20H23ClFN3O2S2. The summed E-state index contributed by atoms with van der Waals surface area (Å²) in [6.07, 6.45) is 0. The standard InChI is InChI=1S/C20H23ClFN3O2S2/c1-19(2)18(23)25-20(3,11-29(19,4)27)16-14(21)9-15(28-16)17(26)24-10-12-5-7-13(22)8-6-12/h5-9H,4,10-11H2,1-3H3,(H2,23,25)(H,24,26)/t20-,29?/m0/s1.